The minimum absolute atomic E-state index is 0.0482. The maximum atomic E-state index is 12.5. The third-order valence-electron chi connectivity index (χ3n) is 3.54. The van der Waals surface area contributed by atoms with Gasteiger partial charge < -0.3 is 4.57 Å². The molecule has 6 heteroatoms. The number of hydrogen-bond acceptors (Lipinski definition) is 2. The molecule has 0 fully saturated rings. The molecule has 0 N–H and O–H groups in total. The van der Waals surface area contributed by atoms with Gasteiger partial charge in [0.1, 0.15) is 0 Å². The highest BCUT2D eigenvalue weighted by atomic mass is 35.5. The molecule has 106 valence electrons. The van der Waals surface area contributed by atoms with Gasteiger partial charge >= 0.3 is 0 Å². The van der Waals surface area contributed by atoms with E-state index in [1.807, 2.05) is 18.3 Å². The summed E-state index contributed by atoms with van der Waals surface area (Å²) in [5.74, 6) is -0.0482. The molecule has 4 nitrogen and oxygen atoms in total. The number of halogens is 1. The third kappa shape index (κ3) is 2.61. The number of sulfonamides is 1. The Morgan fingerprint density at radius 1 is 1.10 bits per heavy atom. The highest BCUT2D eigenvalue weighted by Crippen LogP contribution is 2.22. The minimum Gasteiger partial charge on any atom is -0.349 e. The Kier molecular flexibility index (Phi) is 3.58. The maximum Gasteiger partial charge on any atom is 0.218 e. The summed E-state index contributed by atoms with van der Waals surface area (Å²) in [6.07, 6.45) is 1.98. The van der Waals surface area contributed by atoms with E-state index in [0.29, 0.717) is 30.2 Å². The molecule has 0 saturated carbocycles. The fourth-order valence-corrected chi connectivity index (χ4v) is 4.23. The number of aromatic nitrogens is 1. The zero-order chi connectivity index (χ0) is 14.2. The van der Waals surface area contributed by atoms with Gasteiger partial charge in [0.25, 0.3) is 0 Å². The smallest absolute Gasteiger partial charge is 0.218 e. The van der Waals surface area contributed by atoms with Gasteiger partial charge in [-0.25, -0.2) is 8.42 Å². The van der Waals surface area contributed by atoms with Gasteiger partial charge in [-0.2, -0.15) is 4.31 Å². The summed E-state index contributed by atoms with van der Waals surface area (Å²) in [4.78, 5) is 0. The van der Waals surface area contributed by atoms with E-state index in [4.69, 9.17) is 11.6 Å². The number of hydrogen-bond donors (Lipinski definition) is 0. The summed E-state index contributed by atoms with van der Waals surface area (Å²) in [5.41, 5.74) is 1.68. The monoisotopic (exact) mass is 310 g/mol. The summed E-state index contributed by atoms with van der Waals surface area (Å²) in [6.45, 7) is 1.64. The molecule has 2 aromatic rings. The lowest BCUT2D eigenvalue weighted by molar-refractivity contribution is 0.341. The molecule has 1 aliphatic rings. The first kappa shape index (κ1) is 13.7. The second-order valence-electron chi connectivity index (χ2n) is 4.87. The van der Waals surface area contributed by atoms with Gasteiger partial charge in [-0.05, 0) is 23.8 Å². The van der Waals surface area contributed by atoms with Crippen molar-refractivity contribution in [1.82, 2.24) is 8.87 Å². The molecule has 0 saturated heterocycles. The van der Waals surface area contributed by atoms with Crippen molar-refractivity contribution in [1.29, 1.82) is 0 Å². The van der Waals surface area contributed by atoms with Gasteiger partial charge in [0.15, 0.2) is 0 Å². The van der Waals surface area contributed by atoms with E-state index in [9.17, 15) is 8.42 Å². The highest BCUT2D eigenvalue weighted by molar-refractivity contribution is 7.88. The quantitative estimate of drug-likeness (QED) is 0.874. The number of fused-ring (bicyclic) bond motifs is 1. The van der Waals surface area contributed by atoms with Crippen molar-refractivity contribution in [2.24, 2.45) is 0 Å². The molecule has 3 rings (SSSR count). The van der Waals surface area contributed by atoms with Crippen LogP contribution in [0.5, 0.6) is 0 Å². The maximum absolute atomic E-state index is 12.5. The normalized spacial score (nSPS) is 16.1. The lowest BCUT2D eigenvalue weighted by atomic mass is 10.2. The Balaban J connectivity index is 1.82. The van der Waals surface area contributed by atoms with E-state index < -0.39 is 10.0 Å². The van der Waals surface area contributed by atoms with Crippen molar-refractivity contribution >= 4 is 21.6 Å². The van der Waals surface area contributed by atoms with Crippen LogP contribution in [0.1, 0.15) is 11.3 Å². The van der Waals surface area contributed by atoms with Crippen LogP contribution in [0.15, 0.2) is 42.6 Å². The summed E-state index contributed by atoms with van der Waals surface area (Å²) in [6, 6.07) is 11.0. The van der Waals surface area contributed by atoms with Crippen LogP contribution in [0.25, 0.3) is 0 Å². The molecule has 0 spiro atoms. The van der Waals surface area contributed by atoms with E-state index >= 15 is 0 Å². The Morgan fingerprint density at radius 3 is 2.70 bits per heavy atom. The number of rotatable bonds is 3. The number of benzene rings is 1. The van der Waals surface area contributed by atoms with Crippen molar-refractivity contribution in [3.05, 3.63) is 58.9 Å². The van der Waals surface area contributed by atoms with Crippen LogP contribution in [0, 0.1) is 0 Å². The zero-order valence-corrected chi connectivity index (χ0v) is 12.4. The van der Waals surface area contributed by atoms with Gasteiger partial charge in [-0.3, -0.25) is 0 Å². The lowest BCUT2D eigenvalue weighted by Crippen LogP contribution is -2.38. The van der Waals surface area contributed by atoms with E-state index in [1.165, 1.54) is 4.31 Å². The van der Waals surface area contributed by atoms with Gasteiger partial charge in [-0.1, -0.05) is 29.8 Å². The molecule has 0 atom stereocenters. The molecule has 0 amide bonds. The van der Waals surface area contributed by atoms with Crippen molar-refractivity contribution in [2.75, 3.05) is 6.54 Å². The Bertz CT molecular complexity index is 724. The molecule has 1 aromatic heterocycles. The fourth-order valence-electron chi connectivity index (χ4n) is 2.43. The van der Waals surface area contributed by atoms with Crippen LogP contribution in [-0.4, -0.2) is 23.8 Å². The predicted molar refractivity (Wildman–Crippen MR) is 78.9 cm³/mol. The van der Waals surface area contributed by atoms with Crippen LogP contribution in [0.4, 0.5) is 0 Å². The first-order valence-corrected chi connectivity index (χ1v) is 8.40. The topological polar surface area (TPSA) is 42.3 Å². The minimum atomic E-state index is -3.34. The first-order chi connectivity index (χ1) is 9.56. The Labute approximate surface area is 123 Å². The molecule has 1 aromatic carbocycles. The van der Waals surface area contributed by atoms with Crippen LogP contribution < -0.4 is 0 Å². The lowest BCUT2D eigenvalue weighted by Gasteiger charge is -2.28. The molecule has 20 heavy (non-hydrogen) atoms. The van der Waals surface area contributed by atoms with E-state index in [0.717, 1.165) is 5.69 Å². The van der Waals surface area contributed by atoms with Crippen molar-refractivity contribution in [3.8, 4) is 0 Å². The van der Waals surface area contributed by atoms with Gasteiger partial charge in [-0.15, -0.1) is 0 Å². The Morgan fingerprint density at radius 2 is 1.90 bits per heavy atom. The molecular formula is C14H15ClN2O2S. The average Bonchev–Trinajstić information content (AvgIpc) is 2.88. The summed E-state index contributed by atoms with van der Waals surface area (Å²) in [5, 5.41) is 0.497. The van der Waals surface area contributed by atoms with Crippen LogP contribution in [0.3, 0.4) is 0 Å². The second kappa shape index (κ2) is 5.24. The van der Waals surface area contributed by atoms with Crippen LogP contribution in [-0.2, 0) is 28.9 Å². The van der Waals surface area contributed by atoms with E-state index in [-0.39, 0.29) is 5.75 Å². The molecule has 0 unspecified atom stereocenters. The largest absolute Gasteiger partial charge is 0.349 e. The van der Waals surface area contributed by atoms with Gasteiger partial charge in [0.05, 0.1) is 12.3 Å². The third-order valence-corrected chi connectivity index (χ3v) is 5.68. The van der Waals surface area contributed by atoms with Crippen molar-refractivity contribution < 1.29 is 8.42 Å². The predicted octanol–water partition coefficient (Wildman–Crippen LogP) is 2.49. The SMILES string of the molecule is O=S(=O)(Cc1ccccc1Cl)N1CCn2cccc2C1. The fraction of sp³-hybridized carbons (Fsp3) is 0.286. The molecule has 0 aliphatic carbocycles. The summed E-state index contributed by atoms with van der Waals surface area (Å²) in [7, 11) is -3.34. The molecule has 0 radical (unpaired) electrons. The molecular weight excluding hydrogens is 296 g/mol. The number of nitrogens with zero attached hydrogens (tertiary/aromatic N) is 2. The van der Waals surface area contributed by atoms with Crippen LogP contribution >= 0.6 is 11.6 Å². The second-order valence-corrected chi connectivity index (χ2v) is 7.25. The van der Waals surface area contributed by atoms with E-state index in [2.05, 4.69) is 4.57 Å². The molecule has 2 heterocycles. The zero-order valence-electron chi connectivity index (χ0n) is 10.9. The Hall–Kier alpha value is -1.30. The van der Waals surface area contributed by atoms with Crippen molar-refractivity contribution in [3.63, 3.8) is 0 Å². The molecule has 0 bridgehead atoms. The standard InChI is InChI=1S/C14H15ClN2O2S/c15-14-6-2-1-4-12(14)11-20(18,19)17-9-8-16-7-3-5-13(16)10-17/h1-7H,8-11H2. The van der Waals surface area contributed by atoms with Crippen molar-refractivity contribution in [2.45, 2.75) is 18.8 Å². The van der Waals surface area contributed by atoms with Crippen LogP contribution in [0.2, 0.25) is 5.02 Å². The van der Waals surface area contributed by atoms with Gasteiger partial charge in [0.2, 0.25) is 10.0 Å². The highest BCUT2D eigenvalue weighted by Gasteiger charge is 2.27. The van der Waals surface area contributed by atoms with E-state index in [1.54, 1.807) is 24.3 Å². The molecule has 1 aliphatic heterocycles. The average molecular weight is 311 g/mol. The summed E-state index contributed by atoms with van der Waals surface area (Å²) >= 11 is 6.05. The van der Waals surface area contributed by atoms with Gasteiger partial charge in [0, 0.05) is 30.0 Å². The first-order valence-electron chi connectivity index (χ1n) is 6.41. The summed E-state index contributed by atoms with van der Waals surface area (Å²) < 4.78 is 28.6.